The van der Waals surface area contributed by atoms with Gasteiger partial charge in [-0.25, -0.2) is 9.79 Å². The minimum absolute atomic E-state index is 0.195. The number of carbonyl (C=O) groups excluding carboxylic acids is 1. The highest BCUT2D eigenvalue weighted by atomic mass is 127. The number of allylic oxidation sites excluding steroid dienone is 1. The fourth-order valence-electron chi connectivity index (χ4n) is 4.63. The SMILES string of the molecule is CCOC(=O)C1=C(C)N=c2s/c(=C\c3cc(I)c(OCc4ccccc4)c(OC)c3)c(=O)n2[C@@H]1c1ccccc1Cl. The molecule has 0 radical (unpaired) electrons. The maximum atomic E-state index is 13.9. The molecule has 1 atom stereocenters. The number of esters is 1. The average Bonchev–Trinajstić information content (AvgIpc) is 3.26. The molecule has 0 N–H and O–H groups in total. The van der Waals surface area contributed by atoms with Gasteiger partial charge in [0.1, 0.15) is 12.6 Å². The molecule has 1 aliphatic heterocycles. The summed E-state index contributed by atoms with van der Waals surface area (Å²) in [5, 5.41) is 0.439. The van der Waals surface area contributed by atoms with E-state index in [1.807, 2.05) is 54.6 Å². The van der Waals surface area contributed by atoms with Gasteiger partial charge in [0.05, 0.1) is 33.1 Å². The van der Waals surface area contributed by atoms with Crippen molar-refractivity contribution in [3.05, 3.63) is 123 Å². The van der Waals surface area contributed by atoms with Crippen LogP contribution in [-0.2, 0) is 16.1 Å². The van der Waals surface area contributed by atoms with E-state index in [1.54, 1.807) is 39.2 Å². The van der Waals surface area contributed by atoms with Crippen LogP contribution in [0.2, 0.25) is 5.02 Å². The zero-order valence-corrected chi connectivity index (χ0v) is 26.2. The van der Waals surface area contributed by atoms with Gasteiger partial charge in [0, 0.05) is 5.02 Å². The van der Waals surface area contributed by atoms with E-state index in [1.165, 1.54) is 15.9 Å². The first-order chi connectivity index (χ1) is 19.8. The molecule has 1 aliphatic rings. The van der Waals surface area contributed by atoms with E-state index < -0.39 is 12.0 Å². The number of benzene rings is 3. The molecule has 3 aromatic carbocycles. The van der Waals surface area contributed by atoms with Crippen LogP contribution in [0.3, 0.4) is 0 Å². The lowest BCUT2D eigenvalue weighted by Gasteiger charge is -2.25. The summed E-state index contributed by atoms with van der Waals surface area (Å²) in [5.74, 6) is 0.656. The first-order valence-electron chi connectivity index (χ1n) is 12.8. The van der Waals surface area contributed by atoms with Crippen molar-refractivity contribution < 1.29 is 19.0 Å². The molecule has 7 nitrogen and oxygen atoms in total. The average molecular weight is 701 g/mol. The molecule has 0 fully saturated rings. The topological polar surface area (TPSA) is 79.1 Å². The Morgan fingerprint density at radius 2 is 1.88 bits per heavy atom. The van der Waals surface area contributed by atoms with E-state index in [0.29, 0.717) is 43.7 Å². The van der Waals surface area contributed by atoms with Crippen molar-refractivity contribution >= 4 is 57.6 Å². The highest BCUT2D eigenvalue weighted by molar-refractivity contribution is 14.1. The summed E-state index contributed by atoms with van der Waals surface area (Å²) in [7, 11) is 1.59. The van der Waals surface area contributed by atoms with Gasteiger partial charge < -0.3 is 14.2 Å². The van der Waals surface area contributed by atoms with Crippen LogP contribution in [0, 0.1) is 3.57 Å². The Morgan fingerprint density at radius 3 is 2.59 bits per heavy atom. The van der Waals surface area contributed by atoms with Crippen LogP contribution in [-0.4, -0.2) is 24.3 Å². The van der Waals surface area contributed by atoms with Crippen LogP contribution >= 0.6 is 45.5 Å². The van der Waals surface area contributed by atoms with E-state index in [-0.39, 0.29) is 17.7 Å². The number of carbonyl (C=O) groups is 1. The fraction of sp³-hybridized carbons (Fsp3) is 0.194. The summed E-state index contributed by atoms with van der Waals surface area (Å²) in [6, 6.07) is 20.1. The second-order valence-corrected chi connectivity index (χ2v) is 11.7. The maximum Gasteiger partial charge on any atom is 0.338 e. The number of methoxy groups -OCH3 is 1. The van der Waals surface area contributed by atoms with Crippen molar-refractivity contribution in [1.29, 1.82) is 0 Å². The van der Waals surface area contributed by atoms with Crippen LogP contribution in [0.4, 0.5) is 0 Å². The maximum absolute atomic E-state index is 13.9. The molecule has 4 aromatic rings. The van der Waals surface area contributed by atoms with Gasteiger partial charge in [-0.1, -0.05) is 71.5 Å². The van der Waals surface area contributed by atoms with Gasteiger partial charge in [0.15, 0.2) is 16.3 Å². The third-order valence-corrected chi connectivity index (χ3v) is 8.62. The van der Waals surface area contributed by atoms with Crippen LogP contribution in [0.15, 0.2) is 87.8 Å². The number of nitrogens with zero attached hydrogens (tertiary/aromatic N) is 2. The summed E-state index contributed by atoms with van der Waals surface area (Å²) < 4.78 is 19.9. The number of halogens is 2. The minimum atomic E-state index is -0.774. The van der Waals surface area contributed by atoms with E-state index >= 15 is 0 Å². The second kappa shape index (κ2) is 12.6. The number of rotatable bonds is 8. The van der Waals surface area contributed by atoms with Crippen molar-refractivity contribution in [3.63, 3.8) is 0 Å². The van der Waals surface area contributed by atoms with Crippen LogP contribution < -0.4 is 24.4 Å². The quantitative estimate of drug-likeness (QED) is 0.176. The molecule has 210 valence electrons. The smallest absolute Gasteiger partial charge is 0.338 e. The number of fused-ring (bicyclic) bond motifs is 1. The third-order valence-electron chi connectivity index (χ3n) is 6.49. The Bertz CT molecular complexity index is 1830. The molecule has 2 heterocycles. The Balaban J connectivity index is 1.60. The molecule has 0 amide bonds. The summed E-state index contributed by atoms with van der Waals surface area (Å²) in [6.45, 7) is 4.08. The van der Waals surface area contributed by atoms with Gasteiger partial charge in [0.2, 0.25) is 0 Å². The van der Waals surface area contributed by atoms with Gasteiger partial charge in [-0.05, 0) is 77.4 Å². The standard InChI is InChI=1S/C31H26ClIN2O5S/c1-4-39-30(37)26-18(2)34-31-35(27(26)21-12-8-9-13-22(21)32)29(36)25(41-31)16-20-14-23(33)28(24(15-20)38-3)40-17-19-10-6-5-7-11-19/h5-16,27H,4,17H2,1-3H3/b25-16-/t27-/m1/s1. The van der Waals surface area contributed by atoms with E-state index in [0.717, 1.165) is 14.7 Å². The van der Waals surface area contributed by atoms with Crippen molar-refractivity contribution in [2.45, 2.75) is 26.5 Å². The zero-order chi connectivity index (χ0) is 29.1. The fourth-order valence-corrected chi connectivity index (χ4v) is 6.69. The number of hydrogen-bond donors (Lipinski definition) is 0. The Morgan fingerprint density at radius 1 is 1.15 bits per heavy atom. The van der Waals surface area contributed by atoms with Crippen molar-refractivity contribution in [1.82, 2.24) is 4.57 Å². The molecule has 0 unspecified atom stereocenters. The van der Waals surface area contributed by atoms with Crippen LogP contribution in [0.25, 0.3) is 6.08 Å². The van der Waals surface area contributed by atoms with E-state index in [9.17, 15) is 9.59 Å². The molecule has 0 saturated heterocycles. The second-order valence-electron chi connectivity index (χ2n) is 9.13. The monoisotopic (exact) mass is 700 g/mol. The predicted molar refractivity (Wildman–Crippen MR) is 168 cm³/mol. The Hall–Kier alpha value is -3.41. The summed E-state index contributed by atoms with van der Waals surface area (Å²) >= 11 is 10.0. The van der Waals surface area contributed by atoms with Gasteiger partial charge in [0.25, 0.3) is 5.56 Å². The normalized spacial score (nSPS) is 14.9. The van der Waals surface area contributed by atoms with Gasteiger partial charge in [-0.15, -0.1) is 0 Å². The number of aromatic nitrogens is 1. The van der Waals surface area contributed by atoms with Crippen LogP contribution in [0.5, 0.6) is 11.5 Å². The Kier molecular flexibility index (Phi) is 8.96. The first kappa shape index (κ1) is 29.1. The van der Waals surface area contributed by atoms with Crippen molar-refractivity contribution in [2.24, 2.45) is 4.99 Å². The number of hydrogen-bond acceptors (Lipinski definition) is 7. The van der Waals surface area contributed by atoms with Gasteiger partial charge >= 0.3 is 5.97 Å². The molecular weight excluding hydrogens is 675 g/mol. The highest BCUT2D eigenvalue weighted by Gasteiger charge is 2.34. The molecule has 5 rings (SSSR count). The van der Waals surface area contributed by atoms with Gasteiger partial charge in [-0.2, -0.15) is 0 Å². The molecule has 1 aromatic heterocycles. The lowest BCUT2D eigenvalue weighted by molar-refractivity contribution is -0.139. The van der Waals surface area contributed by atoms with Crippen LogP contribution in [0.1, 0.15) is 36.6 Å². The molecule has 10 heteroatoms. The predicted octanol–water partition coefficient (Wildman–Crippen LogP) is 5.64. The largest absolute Gasteiger partial charge is 0.493 e. The number of thiazole rings is 1. The Labute approximate surface area is 259 Å². The molecule has 0 bridgehead atoms. The number of ether oxygens (including phenoxy) is 3. The van der Waals surface area contributed by atoms with Gasteiger partial charge in [-0.3, -0.25) is 9.36 Å². The lowest BCUT2D eigenvalue weighted by atomic mass is 9.96. The summed E-state index contributed by atoms with van der Waals surface area (Å²) in [4.78, 5) is 32.1. The van der Waals surface area contributed by atoms with E-state index in [4.69, 9.17) is 25.8 Å². The lowest BCUT2D eigenvalue weighted by Crippen LogP contribution is -2.40. The molecule has 0 spiro atoms. The van der Waals surface area contributed by atoms with Crippen molar-refractivity contribution in [3.8, 4) is 11.5 Å². The molecule has 0 aliphatic carbocycles. The first-order valence-corrected chi connectivity index (χ1v) is 15.1. The minimum Gasteiger partial charge on any atom is -0.493 e. The highest BCUT2D eigenvalue weighted by Crippen LogP contribution is 2.36. The molecule has 0 saturated carbocycles. The summed E-state index contributed by atoms with van der Waals surface area (Å²) in [6.07, 6.45) is 1.79. The zero-order valence-electron chi connectivity index (χ0n) is 22.5. The summed E-state index contributed by atoms with van der Waals surface area (Å²) in [5.41, 5.74) is 2.91. The molecule has 41 heavy (non-hydrogen) atoms. The van der Waals surface area contributed by atoms with E-state index in [2.05, 4.69) is 27.6 Å². The molecular formula is C31H26ClIN2O5S. The van der Waals surface area contributed by atoms with Crippen molar-refractivity contribution in [2.75, 3.05) is 13.7 Å². The third kappa shape index (κ3) is 5.98.